The number of ether oxygens (including phenoxy) is 1. The van der Waals surface area contributed by atoms with Gasteiger partial charge in [0, 0.05) is 5.33 Å². The summed E-state index contributed by atoms with van der Waals surface area (Å²) in [6.45, 7) is 1.62. The van der Waals surface area contributed by atoms with Gasteiger partial charge < -0.3 is 9.84 Å². The zero-order chi connectivity index (χ0) is 8.91. The maximum absolute atomic E-state index is 10.7. The van der Waals surface area contributed by atoms with Crippen LogP contribution in [0, 0.1) is 0 Å². The Morgan fingerprint density at radius 3 is 2.64 bits per heavy atom. The third-order valence-corrected chi connectivity index (χ3v) is 1.78. The minimum Gasteiger partial charge on any atom is -0.469 e. The molecule has 0 amide bonds. The van der Waals surface area contributed by atoms with Crippen LogP contribution in [0.1, 0.15) is 19.8 Å². The molecule has 0 heterocycles. The van der Waals surface area contributed by atoms with E-state index >= 15 is 0 Å². The number of carbonyl (C=O) groups is 1. The molecule has 4 heteroatoms. The first-order valence-corrected chi connectivity index (χ1v) is 4.49. The molecule has 3 nitrogen and oxygen atoms in total. The van der Waals surface area contributed by atoms with Crippen LogP contribution in [0.25, 0.3) is 0 Å². The smallest absolute Gasteiger partial charge is 0.308 e. The van der Waals surface area contributed by atoms with E-state index in [-0.39, 0.29) is 12.4 Å². The van der Waals surface area contributed by atoms with Crippen molar-refractivity contribution >= 4 is 21.9 Å². The van der Waals surface area contributed by atoms with Crippen LogP contribution in [-0.2, 0) is 9.53 Å². The van der Waals surface area contributed by atoms with Gasteiger partial charge >= 0.3 is 5.97 Å². The summed E-state index contributed by atoms with van der Waals surface area (Å²) in [6, 6.07) is 0. The largest absolute Gasteiger partial charge is 0.469 e. The van der Waals surface area contributed by atoms with E-state index in [4.69, 9.17) is 0 Å². The molecule has 0 aliphatic carbocycles. The summed E-state index contributed by atoms with van der Waals surface area (Å²) in [6.07, 6.45) is 0.594. The van der Waals surface area contributed by atoms with E-state index in [2.05, 4.69) is 20.7 Å². The first kappa shape index (κ1) is 10.9. The summed E-state index contributed by atoms with van der Waals surface area (Å²) in [4.78, 5) is 10.7. The van der Waals surface area contributed by atoms with Crippen molar-refractivity contribution in [2.45, 2.75) is 25.4 Å². The van der Waals surface area contributed by atoms with Crippen LogP contribution < -0.4 is 0 Å². The normalized spacial score (nSPS) is 15.6. The van der Waals surface area contributed by atoms with Crippen molar-refractivity contribution < 1.29 is 14.6 Å². The molecule has 0 aliphatic heterocycles. The van der Waals surface area contributed by atoms with E-state index in [9.17, 15) is 9.90 Å². The minimum absolute atomic E-state index is 0.0507. The van der Waals surface area contributed by atoms with Crippen LogP contribution in [0.3, 0.4) is 0 Å². The Kier molecular flexibility index (Phi) is 4.68. The quantitative estimate of drug-likeness (QED) is 0.575. The molecule has 0 radical (unpaired) electrons. The van der Waals surface area contributed by atoms with Crippen LogP contribution >= 0.6 is 15.9 Å². The fourth-order valence-electron chi connectivity index (χ4n) is 0.675. The SMILES string of the molecule is COC(=O)CC(C)(O)CCBr. The van der Waals surface area contributed by atoms with Gasteiger partial charge in [-0.2, -0.15) is 0 Å². The van der Waals surface area contributed by atoms with Gasteiger partial charge in [-0.1, -0.05) is 15.9 Å². The van der Waals surface area contributed by atoms with Gasteiger partial charge in [-0.05, 0) is 13.3 Å². The van der Waals surface area contributed by atoms with Gasteiger partial charge in [0.15, 0.2) is 0 Å². The van der Waals surface area contributed by atoms with Crippen LogP contribution in [0.4, 0.5) is 0 Å². The first-order valence-electron chi connectivity index (χ1n) is 3.37. The molecule has 66 valence electrons. The minimum atomic E-state index is -0.948. The average molecular weight is 225 g/mol. The summed E-state index contributed by atoms with van der Waals surface area (Å²) in [5, 5.41) is 10.2. The summed E-state index contributed by atoms with van der Waals surface area (Å²) in [5.41, 5.74) is -0.948. The van der Waals surface area contributed by atoms with E-state index in [1.807, 2.05) is 0 Å². The summed E-state index contributed by atoms with van der Waals surface area (Å²) >= 11 is 3.18. The van der Waals surface area contributed by atoms with Crippen LogP contribution in [0.15, 0.2) is 0 Å². The fourth-order valence-corrected chi connectivity index (χ4v) is 1.53. The lowest BCUT2D eigenvalue weighted by Gasteiger charge is -2.19. The van der Waals surface area contributed by atoms with Gasteiger partial charge in [-0.15, -0.1) is 0 Å². The van der Waals surface area contributed by atoms with E-state index in [0.717, 1.165) is 0 Å². The highest BCUT2D eigenvalue weighted by Crippen LogP contribution is 2.15. The molecule has 0 fully saturated rings. The van der Waals surface area contributed by atoms with Crippen molar-refractivity contribution in [1.82, 2.24) is 0 Å². The van der Waals surface area contributed by atoms with Crippen molar-refractivity contribution in [3.8, 4) is 0 Å². The standard InChI is InChI=1S/C7H13BrO3/c1-7(10,3-4-8)5-6(9)11-2/h10H,3-5H2,1-2H3. The predicted octanol–water partition coefficient (Wildman–Crippen LogP) is 1.09. The average Bonchev–Trinajstić information content (AvgIpc) is 1.86. The number of hydrogen-bond donors (Lipinski definition) is 1. The number of methoxy groups -OCH3 is 1. The molecule has 0 saturated heterocycles. The molecule has 1 N–H and O–H groups in total. The van der Waals surface area contributed by atoms with Crippen molar-refractivity contribution in [2.75, 3.05) is 12.4 Å². The molecule has 0 rings (SSSR count). The van der Waals surface area contributed by atoms with Crippen molar-refractivity contribution in [1.29, 1.82) is 0 Å². The molecule has 0 spiro atoms. The molecule has 0 aromatic carbocycles. The summed E-state index contributed by atoms with van der Waals surface area (Å²) < 4.78 is 4.42. The Labute approximate surface area is 74.9 Å². The second kappa shape index (κ2) is 4.72. The highest BCUT2D eigenvalue weighted by Gasteiger charge is 2.23. The zero-order valence-corrected chi connectivity index (χ0v) is 8.35. The Hall–Kier alpha value is -0.0900. The maximum Gasteiger partial charge on any atom is 0.308 e. The Morgan fingerprint density at radius 1 is 1.73 bits per heavy atom. The second-order valence-corrected chi connectivity index (χ2v) is 3.48. The Morgan fingerprint density at radius 2 is 2.27 bits per heavy atom. The number of alkyl halides is 1. The van der Waals surface area contributed by atoms with Crippen LogP contribution in [-0.4, -0.2) is 29.1 Å². The van der Waals surface area contributed by atoms with Gasteiger partial charge in [0.25, 0.3) is 0 Å². The number of esters is 1. The maximum atomic E-state index is 10.7. The Balaban J connectivity index is 3.80. The number of hydrogen-bond acceptors (Lipinski definition) is 3. The van der Waals surface area contributed by atoms with Crippen LogP contribution in [0.5, 0.6) is 0 Å². The molecule has 0 aliphatic rings. The topological polar surface area (TPSA) is 46.5 Å². The highest BCUT2D eigenvalue weighted by atomic mass is 79.9. The predicted molar refractivity (Wildman–Crippen MR) is 45.7 cm³/mol. The third-order valence-electron chi connectivity index (χ3n) is 1.39. The number of carbonyl (C=O) groups excluding carboxylic acids is 1. The first-order chi connectivity index (χ1) is 5.02. The third kappa shape index (κ3) is 5.21. The number of halogens is 1. The van der Waals surface area contributed by atoms with Gasteiger partial charge in [-0.25, -0.2) is 0 Å². The lowest BCUT2D eigenvalue weighted by Crippen LogP contribution is -2.28. The molecule has 0 bridgehead atoms. The fraction of sp³-hybridized carbons (Fsp3) is 0.857. The molecule has 0 saturated carbocycles. The molecule has 1 atom stereocenters. The molecule has 0 aromatic rings. The van der Waals surface area contributed by atoms with E-state index < -0.39 is 5.60 Å². The van der Waals surface area contributed by atoms with Gasteiger partial charge in [-0.3, -0.25) is 4.79 Å². The van der Waals surface area contributed by atoms with E-state index in [1.54, 1.807) is 6.92 Å². The van der Waals surface area contributed by atoms with Crippen molar-refractivity contribution in [3.63, 3.8) is 0 Å². The zero-order valence-electron chi connectivity index (χ0n) is 6.76. The molecule has 1 unspecified atom stereocenters. The van der Waals surface area contributed by atoms with Gasteiger partial charge in [0.05, 0.1) is 19.1 Å². The lowest BCUT2D eigenvalue weighted by molar-refractivity contribution is -0.145. The highest BCUT2D eigenvalue weighted by molar-refractivity contribution is 9.09. The monoisotopic (exact) mass is 224 g/mol. The van der Waals surface area contributed by atoms with Crippen molar-refractivity contribution in [3.05, 3.63) is 0 Å². The second-order valence-electron chi connectivity index (χ2n) is 2.69. The van der Waals surface area contributed by atoms with Crippen LogP contribution in [0.2, 0.25) is 0 Å². The number of rotatable bonds is 4. The van der Waals surface area contributed by atoms with E-state index in [0.29, 0.717) is 11.8 Å². The molecular weight excluding hydrogens is 212 g/mol. The molecular formula is C7H13BrO3. The van der Waals surface area contributed by atoms with Gasteiger partial charge in [0.1, 0.15) is 0 Å². The molecule has 0 aromatic heterocycles. The van der Waals surface area contributed by atoms with E-state index in [1.165, 1.54) is 7.11 Å². The summed E-state index contributed by atoms with van der Waals surface area (Å²) in [7, 11) is 1.31. The lowest BCUT2D eigenvalue weighted by atomic mass is 10.00. The molecule has 11 heavy (non-hydrogen) atoms. The van der Waals surface area contributed by atoms with Gasteiger partial charge in [0.2, 0.25) is 0 Å². The van der Waals surface area contributed by atoms with Crippen molar-refractivity contribution in [2.24, 2.45) is 0 Å². The Bertz CT molecular complexity index is 134. The summed E-state index contributed by atoms with van der Waals surface area (Å²) in [5.74, 6) is -0.379. The number of aliphatic hydroxyl groups is 1.